The molecule has 0 saturated carbocycles. The Morgan fingerprint density at radius 1 is 0.895 bits per heavy atom. The lowest BCUT2D eigenvalue weighted by molar-refractivity contribution is 1.22. The van der Waals surface area contributed by atoms with Crippen LogP contribution in [0.15, 0.2) is 40.5 Å². The Morgan fingerprint density at radius 2 is 1.42 bits per heavy atom. The van der Waals surface area contributed by atoms with E-state index in [1.807, 2.05) is 0 Å². The zero-order chi connectivity index (χ0) is 14.0. The van der Waals surface area contributed by atoms with Crippen molar-refractivity contribution < 1.29 is 0 Å². The standard InChI is InChI=1S/C18H19I/c1-12-10-13(2)15(4)18(14(12)3)17(11-19)16-8-6-5-7-9-16/h5-11H,1-4H3/b17-11+. The molecule has 19 heavy (non-hydrogen) atoms. The molecule has 2 aromatic rings. The fraction of sp³-hybridized carbons (Fsp3) is 0.222. The van der Waals surface area contributed by atoms with Gasteiger partial charge in [-0.05, 0) is 70.7 Å². The zero-order valence-electron chi connectivity index (χ0n) is 11.9. The second-order valence-corrected chi connectivity index (χ2v) is 5.65. The van der Waals surface area contributed by atoms with Crippen LogP contribution < -0.4 is 0 Å². The van der Waals surface area contributed by atoms with Gasteiger partial charge in [-0.15, -0.1) is 0 Å². The molecule has 0 unspecified atom stereocenters. The zero-order valence-corrected chi connectivity index (χ0v) is 14.1. The summed E-state index contributed by atoms with van der Waals surface area (Å²) in [5.41, 5.74) is 9.49. The van der Waals surface area contributed by atoms with Crippen LogP contribution in [0.5, 0.6) is 0 Å². The van der Waals surface area contributed by atoms with Crippen molar-refractivity contribution in [1.29, 1.82) is 0 Å². The van der Waals surface area contributed by atoms with Crippen molar-refractivity contribution in [3.63, 3.8) is 0 Å². The predicted molar refractivity (Wildman–Crippen MR) is 92.9 cm³/mol. The summed E-state index contributed by atoms with van der Waals surface area (Å²) in [5, 5.41) is 0. The summed E-state index contributed by atoms with van der Waals surface area (Å²) in [7, 11) is 0. The van der Waals surface area contributed by atoms with E-state index in [-0.39, 0.29) is 0 Å². The molecule has 0 bridgehead atoms. The van der Waals surface area contributed by atoms with E-state index in [0.29, 0.717) is 0 Å². The molecule has 0 aliphatic carbocycles. The third-order valence-corrected chi connectivity index (χ3v) is 4.45. The summed E-state index contributed by atoms with van der Waals surface area (Å²) in [6.07, 6.45) is 0. The average Bonchev–Trinajstić information content (AvgIpc) is 2.42. The normalized spacial score (nSPS) is 11.7. The van der Waals surface area contributed by atoms with E-state index in [2.05, 4.69) is 90.8 Å². The quantitative estimate of drug-likeness (QED) is 0.597. The first-order valence-corrected chi connectivity index (χ1v) is 7.74. The van der Waals surface area contributed by atoms with Crippen molar-refractivity contribution in [2.24, 2.45) is 0 Å². The molecule has 0 nitrogen and oxygen atoms in total. The Labute approximate surface area is 129 Å². The van der Waals surface area contributed by atoms with Crippen LogP contribution in [0.2, 0.25) is 0 Å². The van der Waals surface area contributed by atoms with Gasteiger partial charge in [0.25, 0.3) is 0 Å². The summed E-state index contributed by atoms with van der Waals surface area (Å²) in [4.78, 5) is 0. The molecule has 0 radical (unpaired) electrons. The van der Waals surface area contributed by atoms with E-state index >= 15 is 0 Å². The molecule has 0 aliphatic heterocycles. The van der Waals surface area contributed by atoms with Crippen LogP contribution >= 0.6 is 22.6 Å². The van der Waals surface area contributed by atoms with Crippen LogP contribution in [-0.2, 0) is 0 Å². The minimum absolute atomic E-state index is 1.29. The number of halogens is 1. The van der Waals surface area contributed by atoms with E-state index < -0.39 is 0 Å². The first-order chi connectivity index (χ1) is 9.06. The minimum atomic E-state index is 1.29. The van der Waals surface area contributed by atoms with Crippen molar-refractivity contribution in [3.05, 3.63) is 73.9 Å². The largest absolute Gasteiger partial charge is 0.0622 e. The number of benzene rings is 2. The van der Waals surface area contributed by atoms with Crippen LogP contribution in [0, 0.1) is 27.7 Å². The van der Waals surface area contributed by atoms with Crippen molar-refractivity contribution in [3.8, 4) is 0 Å². The maximum absolute atomic E-state index is 2.35. The predicted octanol–water partition coefficient (Wildman–Crippen LogP) is 5.74. The van der Waals surface area contributed by atoms with Crippen molar-refractivity contribution in [1.82, 2.24) is 0 Å². The van der Waals surface area contributed by atoms with Gasteiger partial charge in [-0.25, -0.2) is 0 Å². The van der Waals surface area contributed by atoms with E-state index in [0.717, 1.165) is 0 Å². The summed E-state index contributed by atoms with van der Waals surface area (Å²) in [6.45, 7) is 8.84. The lowest BCUT2D eigenvalue weighted by Gasteiger charge is -2.18. The molecule has 0 aromatic heterocycles. The number of hydrogen-bond acceptors (Lipinski definition) is 0. The highest BCUT2D eigenvalue weighted by atomic mass is 127. The van der Waals surface area contributed by atoms with Gasteiger partial charge in [0.2, 0.25) is 0 Å². The topological polar surface area (TPSA) is 0 Å². The lowest BCUT2D eigenvalue weighted by atomic mass is 9.87. The summed E-state index contributed by atoms with van der Waals surface area (Å²) in [6, 6.07) is 12.9. The molecule has 2 rings (SSSR count). The second kappa shape index (κ2) is 5.91. The highest BCUT2D eigenvalue weighted by Crippen LogP contribution is 2.33. The van der Waals surface area contributed by atoms with Gasteiger partial charge in [-0.2, -0.15) is 0 Å². The molecule has 0 atom stereocenters. The average molecular weight is 362 g/mol. The highest BCUT2D eigenvalue weighted by Gasteiger charge is 2.13. The number of aryl methyl sites for hydroxylation is 2. The first kappa shape index (κ1) is 14.3. The van der Waals surface area contributed by atoms with Gasteiger partial charge in [0.05, 0.1) is 0 Å². The molecular weight excluding hydrogens is 343 g/mol. The van der Waals surface area contributed by atoms with Crippen LogP contribution in [-0.4, -0.2) is 0 Å². The Hall–Kier alpha value is -1.09. The van der Waals surface area contributed by atoms with Gasteiger partial charge in [0.15, 0.2) is 0 Å². The van der Waals surface area contributed by atoms with Crippen LogP contribution in [0.25, 0.3) is 5.57 Å². The summed E-state index contributed by atoms with van der Waals surface area (Å²) in [5.74, 6) is 0. The third-order valence-electron chi connectivity index (χ3n) is 3.83. The van der Waals surface area contributed by atoms with Gasteiger partial charge < -0.3 is 0 Å². The maximum Gasteiger partial charge on any atom is -0.00452 e. The van der Waals surface area contributed by atoms with Gasteiger partial charge in [0, 0.05) is 0 Å². The van der Waals surface area contributed by atoms with Crippen molar-refractivity contribution in [2.75, 3.05) is 0 Å². The van der Waals surface area contributed by atoms with Crippen molar-refractivity contribution >= 4 is 28.2 Å². The van der Waals surface area contributed by atoms with Gasteiger partial charge >= 0.3 is 0 Å². The minimum Gasteiger partial charge on any atom is -0.0622 e. The Balaban J connectivity index is 2.71. The van der Waals surface area contributed by atoms with E-state index in [9.17, 15) is 0 Å². The van der Waals surface area contributed by atoms with E-state index in [4.69, 9.17) is 0 Å². The number of rotatable bonds is 2. The van der Waals surface area contributed by atoms with Crippen LogP contribution in [0.4, 0.5) is 0 Å². The second-order valence-electron chi connectivity index (χ2n) is 5.02. The Bertz CT molecular complexity index is 596. The molecular formula is C18H19I. The molecule has 0 N–H and O–H groups in total. The Kier molecular flexibility index (Phi) is 4.46. The molecule has 1 heteroatoms. The Morgan fingerprint density at radius 3 is 1.89 bits per heavy atom. The fourth-order valence-electron chi connectivity index (χ4n) is 2.50. The van der Waals surface area contributed by atoms with Crippen molar-refractivity contribution in [2.45, 2.75) is 27.7 Å². The monoisotopic (exact) mass is 362 g/mol. The fourth-order valence-corrected chi connectivity index (χ4v) is 3.17. The van der Waals surface area contributed by atoms with E-state index in [1.165, 1.54) is 39.0 Å². The summed E-state index contributed by atoms with van der Waals surface area (Å²) >= 11 is 2.35. The molecule has 98 valence electrons. The van der Waals surface area contributed by atoms with E-state index in [1.54, 1.807) is 0 Å². The van der Waals surface area contributed by atoms with Gasteiger partial charge in [-0.1, -0.05) is 59.0 Å². The van der Waals surface area contributed by atoms with Crippen LogP contribution in [0.3, 0.4) is 0 Å². The van der Waals surface area contributed by atoms with Gasteiger partial charge in [-0.3, -0.25) is 0 Å². The van der Waals surface area contributed by atoms with Crippen LogP contribution in [0.1, 0.15) is 33.4 Å². The smallest absolute Gasteiger partial charge is 0.00452 e. The third kappa shape index (κ3) is 2.76. The molecule has 0 heterocycles. The maximum atomic E-state index is 2.35. The van der Waals surface area contributed by atoms with Gasteiger partial charge in [0.1, 0.15) is 0 Å². The molecule has 0 spiro atoms. The first-order valence-electron chi connectivity index (χ1n) is 6.49. The highest BCUT2D eigenvalue weighted by molar-refractivity contribution is 14.1. The summed E-state index contributed by atoms with van der Waals surface area (Å²) < 4.78 is 2.20. The molecule has 0 aliphatic rings. The SMILES string of the molecule is Cc1cc(C)c(C)c(/C(=C/I)c2ccccc2)c1C. The number of hydrogen-bond donors (Lipinski definition) is 0. The molecule has 2 aromatic carbocycles. The molecule has 0 saturated heterocycles. The molecule has 0 amide bonds. The lowest BCUT2D eigenvalue weighted by Crippen LogP contribution is -1.99. The molecule has 0 fully saturated rings.